The first-order valence-corrected chi connectivity index (χ1v) is 10.5. The van der Waals surface area contributed by atoms with Gasteiger partial charge in [-0.3, -0.25) is 9.97 Å². The Kier molecular flexibility index (Phi) is 4.03. The van der Waals surface area contributed by atoms with Gasteiger partial charge in [-0.2, -0.15) is 0 Å². The second-order valence-corrected chi connectivity index (χ2v) is 8.04. The standard InChI is InChI=1S/C29H20N2/c1-19-13-15-30-26(17-19)27-18-20(14-16-31-27)5-6-21-7-8-24-10-9-22-3-2-4-23-11-12-25(21)29(24)28(22)23/h2-18H,1H3/b6-5+. The highest BCUT2D eigenvalue weighted by Crippen LogP contribution is 2.36. The van der Waals surface area contributed by atoms with Crippen LogP contribution in [0.1, 0.15) is 16.7 Å². The predicted octanol–water partition coefficient (Wildman–Crippen LogP) is 7.52. The molecule has 0 spiro atoms. The average molecular weight is 396 g/mol. The number of aromatic nitrogens is 2. The molecule has 0 fully saturated rings. The molecule has 0 aliphatic rings. The summed E-state index contributed by atoms with van der Waals surface area (Å²) in [6, 6.07) is 28.1. The van der Waals surface area contributed by atoms with Gasteiger partial charge >= 0.3 is 0 Å². The van der Waals surface area contributed by atoms with Crippen LogP contribution in [-0.4, -0.2) is 9.97 Å². The van der Waals surface area contributed by atoms with Gasteiger partial charge in [0.05, 0.1) is 11.4 Å². The summed E-state index contributed by atoms with van der Waals surface area (Å²) in [5.41, 5.74) is 5.30. The van der Waals surface area contributed by atoms with Crippen molar-refractivity contribution in [2.45, 2.75) is 6.92 Å². The molecule has 0 saturated heterocycles. The summed E-state index contributed by atoms with van der Waals surface area (Å²) in [6.45, 7) is 2.07. The van der Waals surface area contributed by atoms with Gasteiger partial charge in [0.25, 0.3) is 0 Å². The van der Waals surface area contributed by atoms with E-state index in [1.807, 2.05) is 24.5 Å². The van der Waals surface area contributed by atoms with E-state index in [0.717, 1.165) is 17.0 Å². The summed E-state index contributed by atoms with van der Waals surface area (Å²) in [5, 5.41) is 7.85. The van der Waals surface area contributed by atoms with Gasteiger partial charge in [-0.05, 0) is 80.2 Å². The molecule has 0 amide bonds. The number of nitrogens with zero attached hydrogens (tertiary/aromatic N) is 2. The normalized spacial score (nSPS) is 11.9. The van der Waals surface area contributed by atoms with Crippen molar-refractivity contribution in [1.82, 2.24) is 9.97 Å². The highest BCUT2D eigenvalue weighted by Gasteiger charge is 2.09. The van der Waals surface area contributed by atoms with Crippen molar-refractivity contribution >= 4 is 44.5 Å². The fraction of sp³-hybridized carbons (Fsp3) is 0.0345. The SMILES string of the molecule is Cc1ccnc(-c2cc(/C=C/c3ccc4ccc5cccc6ccc3c4c56)ccn2)c1. The maximum absolute atomic E-state index is 4.51. The molecule has 0 saturated carbocycles. The van der Waals surface area contributed by atoms with Gasteiger partial charge in [0, 0.05) is 12.4 Å². The summed E-state index contributed by atoms with van der Waals surface area (Å²) in [7, 11) is 0. The monoisotopic (exact) mass is 396 g/mol. The number of hydrogen-bond donors (Lipinski definition) is 0. The summed E-state index contributed by atoms with van der Waals surface area (Å²) in [4.78, 5) is 8.99. The van der Waals surface area contributed by atoms with Crippen LogP contribution in [0.25, 0.3) is 55.9 Å². The molecule has 2 heteroatoms. The maximum atomic E-state index is 4.51. The Morgan fingerprint density at radius 3 is 2.10 bits per heavy atom. The molecule has 4 aromatic carbocycles. The molecule has 2 aromatic heterocycles. The lowest BCUT2D eigenvalue weighted by Crippen LogP contribution is -1.88. The van der Waals surface area contributed by atoms with E-state index in [9.17, 15) is 0 Å². The van der Waals surface area contributed by atoms with E-state index in [1.54, 1.807) is 0 Å². The third-order valence-electron chi connectivity index (χ3n) is 5.98. The molecule has 0 aliphatic heterocycles. The van der Waals surface area contributed by atoms with Crippen LogP contribution in [-0.2, 0) is 0 Å². The lowest BCUT2D eigenvalue weighted by molar-refractivity contribution is 1.23. The molecule has 146 valence electrons. The molecule has 0 bridgehead atoms. The average Bonchev–Trinajstić information content (AvgIpc) is 2.82. The zero-order chi connectivity index (χ0) is 20.8. The molecule has 0 unspecified atom stereocenters. The highest BCUT2D eigenvalue weighted by molar-refractivity contribution is 6.24. The van der Waals surface area contributed by atoms with Crippen molar-refractivity contribution in [2.75, 3.05) is 0 Å². The highest BCUT2D eigenvalue weighted by atomic mass is 14.8. The Hall–Kier alpha value is -4.04. The minimum atomic E-state index is 0.890. The number of aryl methyl sites for hydroxylation is 1. The van der Waals surface area contributed by atoms with E-state index < -0.39 is 0 Å². The molecule has 0 radical (unpaired) electrons. The first-order valence-electron chi connectivity index (χ1n) is 10.5. The van der Waals surface area contributed by atoms with Crippen molar-refractivity contribution < 1.29 is 0 Å². The van der Waals surface area contributed by atoms with Crippen molar-refractivity contribution in [3.63, 3.8) is 0 Å². The van der Waals surface area contributed by atoms with Crippen LogP contribution in [0.15, 0.2) is 91.3 Å². The van der Waals surface area contributed by atoms with E-state index in [0.29, 0.717) is 0 Å². The Morgan fingerprint density at radius 1 is 0.613 bits per heavy atom. The molecule has 6 rings (SSSR count). The van der Waals surface area contributed by atoms with Crippen LogP contribution in [0.4, 0.5) is 0 Å². The molecular formula is C29H20N2. The summed E-state index contributed by atoms with van der Waals surface area (Å²) in [6.07, 6.45) is 8.05. The van der Waals surface area contributed by atoms with E-state index in [1.165, 1.54) is 43.4 Å². The minimum Gasteiger partial charge on any atom is -0.255 e. The van der Waals surface area contributed by atoms with Gasteiger partial charge in [0.2, 0.25) is 0 Å². The summed E-state index contributed by atoms with van der Waals surface area (Å²) >= 11 is 0. The molecule has 0 atom stereocenters. The summed E-state index contributed by atoms with van der Waals surface area (Å²) in [5.74, 6) is 0. The van der Waals surface area contributed by atoms with Crippen molar-refractivity contribution in [3.8, 4) is 11.4 Å². The fourth-order valence-electron chi connectivity index (χ4n) is 4.46. The van der Waals surface area contributed by atoms with Crippen LogP contribution in [0.5, 0.6) is 0 Å². The molecular weight excluding hydrogens is 376 g/mol. The van der Waals surface area contributed by atoms with Crippen LogP contribution >= 0.6 is 0 Å². The van der Waals surface area contributed by atoms with Gasteiger partial charge in [-0.1, -0.05) is 66.7 Å². The quantitative estimate of drug-likeness (QED) is 0.289. The molecule has 2 nitrogen and oxygen atoms in total. The second-order valence-electron chi connectivity index (χ2n) is 8.04. The molecule has 6 aromatic rings. The molecule has 31 heavy (non-hydrogen) atoms. The third kappa shape index (κ3) is 3.04. The fourth-order valence-corrected chi connectivity index (χ4v) is 4.46. The third-order valence-corrected chi connectivity index (χ3v) is 5.98. The summed E-state index contributed by atoms with van der Waals surface area (Å²) < 4.78 is 0. The number of benzene rings is 4. The number of hydrogen-bond acceptors (Lipinski definition) is 2. The van der Waals surface area contributed by atoms with Gasteiger partial charge < -0.3 is 0 Å². The van der Waals surface area contributed by atoms with E-state index in [4.69, 9.17) is 0 Å². The van der Waals surface area contributed by atoms with Gasteiger partial charge in [0.15, 0.2) is 0 Å². The molecule has 0 N–H and O–H groups in total. The Bertz CT molecular complexity index is 1580. The van der Waals surface area contributed by atoms with Crippen molar-refractivity contribution in [3.05, 3.63) is 108 Å². The lowest BCUT2D eigenvalue weighted by Gasteiger charge is -2.12. The zero-order valence-electron chi connectivity index (χ0n) is 17.2. The first kappa shape index (κ1) is 17.8. The van der Waals surface area contributed by atoms with E-state index in [-0.39, 0.29) is 0 Å². The first-order chi connectivity index (χ1) is 15.3. The smallest absolute Gasteiger partial charge is 0.0892 e. The van der Waals surface area contributed by atoms with Crippen LogP contribution < -0.4 is 0 Å². The topological polar surface area (TPSA) is 25.8 Å². The van der Waals surface area contributed by atoms with Crippen molar-refractivity contribution in [2.24, 2.45) is 0 Å². The zero-order valence-corrected chi connectivity index (χ0v) is 17.2. The van der Waals surface area contributed by atoms with E-state index in [2.05, 4.69) is 95.8 Å². The Morgan fingerprint density at radius 2 is 1.29 bits per heavy atom. The Labute approximate surface area is 180 Å². The van der Waals surface area contributed by atoms with Crippen LogP contribution in [0, 0.1) is 6.92 Å². The van der Waals surface area contributed by atoms with Crippen LogP contribution in [0.2, 0.25) is 0 Å². The Balaban J connectivity index is 1.46. The van der Waals surface area contributed by atoms with Crippen LogP contribution in [0.3, 0.4) is 0 Å². The predicted molar refractivity (Wildman–Crippen MR) is 131 cm³/mol. The second kappa shape index (κ2) is 7.03. The number of rotatable bonds is 3. The van der Waals surface area contributed by atoms with Gasteiger partial charge in [0.1, 0.15) is 0 Å². The van der Waals surface area contributed by atoms with Gasteiger partial charge in [-0.15, -0.1) is 0 Å². The largest absolute Gasteiger partial charge is 0.255 e. The lowest BCUT2D eigenvalue weighted by atomic mass is 9.92. The van der Waals surface area contributed by atoms with Crippen molar-refractivity contribution in [1.29, 1.82) is 0 Å². The van der Waals surface area contributed by atoms with E-state index >= 15 is 0 Å². The molecule has 0 aliphatic carbocycles. The maximum Gasteiger partial charge on any atom is 0.0892 e. The van der Waals surface area contributed by atoms with Gasteiger partial charge in [-0.25, -0.2) is 0 Å². The molecule has 2 heterocycles. The number of pyridine rings is 2. The minimum absolute atomic E-state index is 0.890.